The maximum atomic E-state index is 11.0. The van der Waals surface area contributed by atoms with Gasteiger partial charge in [0.25, 0.3) is 5.91 Å². The van der Waals surface area contributed by atoms with Crippen molar-refractivity contribution in [3.05, 3.63) is 28.5 Å². The molecule has 0 aromatic carbocycles. The van der Waals surface area contributed by atoms with Crippen molar-refractivity contribution in [2.75, 3.05) is 0 Å². The van der Waals surface area contributed by atoms with Gasteiger partial charge in [-0.1, -0.05) is 6.07 Å². The molecule has 0 aliphatic carbocycles. The predicted octanol–water partition coefficient (Wildman–Crippen LogP) is 1.05. The number of carbonyl (C=O) groups excluding carboxylic acids is 1. The van der Waals surface area contributed by atoms with Gasteiger partial charge in [0.15, 0.2) is 6.19 Å². The SMILES string of the molecule is N#CNC(=O)c1cccc(Br)n1. The van der Waals surface area contributed by atoms with Crippen LogP contribution < -0.4 is 5.32 Å². The van der Waals surface area contributed by atoms with Gasteiger partial charge in [-0.15, -0.1) is 0 Å². The lowest BCUT2D eigenvalue weighted by atomic mass is 10.3. The van der Waals surface area contributed by atoms with E-state index in [0.717, 1.165) is 0 Å². The molecule has 4 nitrogen and oxygen atoms in total. The van der Waals surface area contributed by atoms with Crippen LogP contribution in [0.5, 0.6) is 0 Å². The Morgan fingerprint density at radius 2 is 2.42 bits per heavy atom. The minimum atomic E-state index is -0.501. The van der Waals surface area contributed by atoms with Gasteiger partial charge in [-0.05, 0) is 28.1 Å². The first kappa shape index (κ1) is 8.68. The van der Waals surface area contributed by atoms with Crippen molar-refractivity contribution in [1.82, 2.24) is 10.3 Å². The van der Waals surface area contributed by atoms with Crippen LogP contribution in [0.4, 0.5) is 0 Å². The highest BCUT2D eigenvalue weighted by Crippen LogP contribution is 2.05. The first-order valence-corrected chi connectivity index (χ1v) is 3.85. The fraction of sp³-hybridized carbons (Fsp3) is 0. The molecule has 0 bridgehead atoms. The van der Waals surface area contributed by atoms with Gasteiger partial charge >= 0.3 is 0 Å². The van der Waals surface area contributed by atoms with Crippen LogP contribution in [0.25, 0.3) is 0 Å². The van der Waals surface area contributed by atoms with E-state index in [1.807, 2.05) is 5.32 Å². The molecular formula is C7H4BrN3O. The molecule has 0 saturated carbocycles. The minimum absolute atomic E-state index is 0.214. The third-order valence-electron chi connectivity index (χ3n) is 1.12. The van der Waals surface area contributed by atoms with Crippen LogP contribution >= 0.6 is 15.9 Å². The highest BCUT2D eigenvalue weighted by Gasteiger charge is 2.04. The number of aromatic nitrogens is 1. The summed E-state index contributed by atoms with van der Waals surface area (Å²) in [6.07, 6.45) is 1.53. The van der Waals surface area contributed by atoms with Gasteiger partial charge in [0.05, 0.1) is 0 Å². The van der Waals surface area contributed by atoms with E-state index in [1.165, 1.54) is 12.3 Å². The quantitative estimate of drug-likeness (QED) is 0.442. The molecular weight excluding hydrogens is 222 g/mol. The van der Waals surface area contributed by atoms with Crippen molar-refractivity contribution in [2.45, 2.75) is 0 Å². The molecule has 0 unspecified atom stereocenters. The maximum Gasteiger partial charge on any atom is 0.282 e. The summed E-state index contributed by atoms with van der Waals surface area (Å²) in [5.74, 6) is -0.501. The Balaban J connectivity index is 2.90. The summed E-state index contributed by atoms with van der Waals surface area (Å²) >= 11 is 3.11. The van der Waals surface area contributed by atoms with E-state index in [2.05, 4.69) is 20.9 Å². The highest BCUT2D eigenvalue weighted by atomic mass is 79.9. The van der Waals surface area contributed by atoms with Crippen molar-refractivity contribution < 1.29 is 4.79 Å². The lowest BCUT2D eigenvalue weighted by Crippen LogP contribution is -2.18. The molecule has 1 rings (SSSR count). The molecule has 1 aromatic heterocycles. The Bertz CT molecular complexity index is 345. The summed E-state index contributed by atoms with van der Waals surface area (Å²) in [4.78, 5) is 14.8. The summed E-state index contributed by atoms with van der Waals surface area (Å²) in [5, 5.41) is 10.1. The van der Waals surface area contributed by atoms with E-state index < -0.39 is 5.91 Å². The fourth-order valence-corrected chi connectivity index (χ4v) is 0.993. The van der Waals surface area contributed by atoms with Crippen LogP contribution in [0.15, 0.2) is 22.8 Å². The van der Waals surface area contributed by atoms with Crippen molar-refractivity contribution in [2.24, 2.45) is 0 Å². The predicted molar refractivity (Wildman–Crippen MR) is 45.0 cm³/mol. The van der Waals surface area contributed by atoms with Crippen LogP contribution in [0.2, 0.25) is 0 Å². The van der Waals surface area contributed by atoms with Gasteiger partial charge in [-0.2, -0.15) is 5.26 Å². The van der Waals surface area contributed by atoms with Gasteiger partial charge in [-0.25, -0.2) is 4.98 Å². The number of nitrogens with zero attached hydrogens (tertiary/aromatic N) is 2. The molecule has 1 aromatic rings. The molecule has 1 N–H and O–H groups in total. The van der Waals surface area contributed by atoms with Crippen molar-refractivity contribution in [3.8, 4) is 6.19 Å². The number of halogens is 1. The summed E-state index contributed by atoms with van der Waals surface area (Å²) < 4.78 is 0.563. The molecule has 0 aliphatic heterocycles. The van der Waals surface area contributed by atoms with Crippen LogP contribution in [0.3, 0.4) is 0 Å². The highest BCUT2D eigenvalue weighted by molar-refractivity contribution is 9.10. The molecule has 5 heteroatoms. The molecule has 1 amide bonds. The smallest absolute Gasteiger partial charge is 0.266 e. The van der Waals surface area contributed by atoms with E-state index in [1.54, 1.807) is 12.1 Å². The fourth-order valence-electron chi connectivity index (χ4n) is 0.650. The second kappa shape index (κ2) is 3.83. The first-order valence-electron chi connectivity index (χ1n) is 3.06. The van der Waals surface area contributed by atoms with E-state index in [9.17, 15) is 4.79 Å². The molecule has 0 radical (unpaired) electrons. The standard InChI is InChI=1S/C7H4BrN3O/c8-6-3-1-2-5(11-6)7(12)10-4-9/h1-3H,(H,10,12). The zero-order valence-electron chi connectivity index (χ0n) is 5.91. The third kappa shape index (κ3) is 2.04. The second-order valence-electron chi connectivity index (χ2n) is 1.91. The van der Waals surface area contributed by atoms with Crippen LogP contribution in [0, 0.1) is 11.5 Å². The van der Waals surface area contributed by atoms with Crippen molar-refractivity contribution >= 4 is 21.8 Å². The topological polar surface area (TPSA) is 65.8 Å². The molecule has 1 heterocycles. The maximum absolute atomic E-state index is 11.0. The number of hydrogen-bond acceptors (Lipinski definition) is 3. The summed E-state index contributed by atoms with van der Waals surface area (Å²) in [6, 6.07) is 4.89. The van der Waals surface area contributed by atoms with Gasteiger partial charge in [-0.3, -0.25) is 10.1 Å². The molecule has 0 fully saturated rings. The Kier molecular flexibility index (Phi) is 2.77. The van der Waals surface area contributed by atoms with E-state index in [0.29, 0.717) is 4.60 Å². The zero-order valence-corrected chi connectivity index (χ0v) is 7.50. The van der Waals surface area contributed by atoms with E-state index in [4.69, 9.17) is 5.26 Å². The van der Waals surface area contributed by atoms with Gasteiger partial charge in [0, 0.05) is 0 Å². The first-order chi connectivity index (χ1) is 5.74. The number of nitriles is 1. The molecule has 0 saturated heterocycles. The van der Waals surface area contributed by atoms with E-state index >= 15 is 0 Å². The molecule has 60 valence electrons. The lowest BCUT2D eigenvalue weighted by Gasteiger charge is -1.95. The largest absolute Gasteiger partial charge is 0.282 e. The van der Waals surface area contributed by atoms with Crippen molar-refractivity contribution in [1.29, 1.82) is 5.26 Å². The second-order valence-corrected chi connectivity index (χ2v) is 2.72. The molecule has 12 heavy (non-hydrogen) atoms. The zero-order chi connectivity index (χ0) is 8.97. The van der Waals surface area contributed by atoms with Gasteiger partial charge in [0.1, 0.15) is 10.3 Å². The van der Waals surface area contributed by atoms with E-state index in [-0.39, 0.29) is 5.69 Å². The van der Waals surface area contributed by atoms with Crippen LogP contribution in [0.1, 0.15) is 10.5 Å². The summed E-state index contributed by atoms with van der Waals surface area (Å²) in [7, 11) is 0. The normalized spacial score (nSPS) is 8.67. The van der Waals surface area contributed by atoms with Crippen LogP contribution in [-0.4, -0.2) is 10.9 Å². The number of rotatable bonds is 1. The summed E-state index contributed by atoms with van der Waals surface area (Å²) in [6.45, 7) is 0. The number of amides is 1. The van der Waals surface area contributed by atoms with Gasteiger partial charge < -0.3 is 0 Å². The summed E-state index contributed by atoms with van der Waals surface area (Å²) in [5.41, 5.74) is 0.214. The number of pyridine rings is 1. The Labute approximate surface area is 77.4 Å². The number of nitrogens with one attached hydrogen (secondary N) is 1. The average molecular weight is 226 g/mol. The monoisotopic (exact) mass is 225 g/mol. The Hall–Kier alpha value is -1.41. The van der Waals surface area contributed by atoms with Crippen molar-refractivity contribution in [3.63, 3.8) is 0 Å². The third-order valence-corrected chi connectivity index (χ3v) is 1.56. The Morgan fingerprint density at radius 3 is 3.00 bits per heavy atom. The molecule has 0 atom stereocenters. The number of carbonyl (C=O) groups is 1. The average Bonchev–Trinajstić information content (AvgIpc) is 2.05. The van der Waals surface area contributed by atoms with Gasteiger partial charge in [0.2, 0.25) is 0 Å². The minimum Gasteiger partial charge on any atom is -0.266 e. The van der Waals surface area contributed by atoms with Crippen LogP contribution in [-0.2, 0) is 0 Å². The lowest BCUT2D eigenvalue weighted by molar-refractivity contribution is 0.0968. The molecule has 0 aliphatic rings. The number of hydrogen-bond donors (Lipinski definition) is 1. The Morgan fingerprint density at radius 1 is 1.67 bits per heavy atom. The molecule has 0 spiro atoms.